The Hall–Kier alpha value is -1.80. The summed E-state index contributed by atoms with van der Waals surface area (Å²) in [4.78, 5) is 0. The second kappa shape index (κ2) is 6.37. The molecule has 0 aliphatic heterocycles. The molecule has 0 saturated heterocycles. The molecule has 0 saturated carbocycles. The second-order valence-corrected chi connectivity index (χ2v) is 5.61. The van der Waals surface area contributed by atoms with E-state index in [0.29, 0.717) is 12.3 Å². The van der Waals surface area contributed by atoms with Crippen molar-refractivity contribution < 1.29 is 22.7 Å². The number of hydrogen-bond acceptors (Lipinski definition) is 4. The molecule has 0 aromatic carbocycles. The van der Waals surface area contributed by atoms with Crippen LogP contribution in [-0.4, -0.2) is 28.0 Å². The molecule has 1 atom stereocenters. The van der Waals surface area contributed by atoms with Gasteiger partial charge in [0.1, 0.15) is 11.5 Å². The first kappa shape index (κ1) is 17.6. The van der Waals surface area contributed by atoms with Crippen LogP contribution in [0.2, 0.25) is 0 Å². The van der Waals surface area contributed by atoms with Crippen molar-refractivity contribution in [3.63, 3.8) is 0 Å². The lowest BCUT2D eigenvalue weighted by Crippen LogP contribution is -2.44. The number of furan rings is 1. The first-order valence-corrected chi connectivity index (χ1v) is 7.22. The van der Waals surface area contributed by atoms with Crippen LogP contribution in [0, 0.1) is 20.8 Å². The van der Waals surface area contributed by atoms with Crippen molar-refractivity contribution >= 4 is 0 Å². The summed E-state index contributed by atoms with van der Waals surface area (Å²) < 4.78 is 44.8. The molecule has 8 heteroatoms. The number of nitrogens with zero attached hydrogens (tertiary/aromatic N) is 1. The van der Waals surface area contributed by atoms with E-state index in [1.165, 1.54) is 13.0 Å². The minimum Gasteiger partial charge on any atom is -0.463 e. The molecule has 0 fully saturated rings. The van der Waals surface area contributed by atoms with Crippen molar-refractivity contribution in [1.29, 1.82) is 0 Å². The van der Waals surface area contributed by atoms with Crippen LogP contribution >= 0.6 is 0 Å². The molecule has 2 rings (SSSR count). The summed E-state index contributed by atoms with van der Waals surface area (Å²) >= 11 is 0. The van der Waals surface area contributed by atoms with Gasteiger partial charge in [0.25, 0.3) is 0 Å². The van der Waals surface area contributed by atoms with Gasteiger partial charge >= 0.3 is 6.18 Å². The highest BCUT2D eigenvalue weighted by atomic mass is 19.4. The normalized spacial score (nSPS) is 14.9. The smallest absolute Gasteiger partial charge is 0.424 e. The van der Waals surface area contributed by atoms with Gasteiger partial charge in [0.2, 0.25) is 5.60 Å². The fraction of sp³-hybridized carbons (Fsp3) is 0.533. The lowest BCUT2D eigenvalue weighted by molar-refractivity contribution is -0.274. The zero-order valence-electron chi connectivity index (χ0n) is 13.2. The molecule has 0 unspecified atom stereocenters. The number of aromatic nitrogens is 2. The van der Waals surface area contributed by atoms with Gasteiger partial charge in [-0.05, 0) is 39.4 Å². The molecule has 0 radical (unpaired) electrons. The van der Waals surface area contributed by atoms with Gasteiger partial charge in [-0.15, -0.1) is 0 Å². The number of hydrogen-bond donors (Lipinski definition) is 3. The first-order chi connectivity index (χ1) is 10.6. The van der Waals surface area contributed by atoms with Gasteiger partial charge in [-0.1, -0.05) is 0 Å². The number of alkyl halides is 3. The highest BCUT2D eigenvalue weighted by Gasteiger charge is 2.56. The Morgan fingerprint density at radius 1 is 1.26 bits per heavy atom. The van der Waals surface area contributed by atoms with Crippen LogP contribution in [0.4, 0.5) is 13.2 Å². The molecule has 0 amide bonds. The van der Waals surface area contributed by atoms with Crippen molar-refractivity contribution in [2.45, 2.75) is 45.5 Å². The van der Waals surface area contributed by atoms with E-state index in [4.69, 9.17) is 4.42 Å². The summed E-state index contributed by atoms with van der Waals surface area (Å²) in [7, 11) is 0. The maximum absolute atomic E-state index is 13.3. The first-order valence-electron chi connectivity index (χ1n) is 7.22. The summed E-state index contributed by atoms with van der Waals surface area (Å²) in [5.74, 6) is -0.166. The number of rotatable bonds is 6. The molecule has 3 N–H and O–H groups in total. The van der Waals surface area contributed by atoms with E-state index in [9.17, 15) is 18.3 Å². The number of halogens is 3. The maximum atomic E-state index is 13.3. The van der Waals surface area contributed by atoms with Crippen LogP contribution in [0.25, 0.3) is 0 Å². The number of nitrogens with one attached hydrogen (secondary N) is 2. The molecule has 2 heterocycles. The van der Waals surface area contributed by atoms with Crippen LogP contribution < -0.4 is 5.32 Å². The fourth-order valence-electron chi connectivity index (χ4n) is 2.38. The Bertz CT molecular complexity index is 644. The van der Waals surface area contributed by atoms with Crippen molar-refractivity contribution in [3.8, 4) is 0 Å². The maximum Gasteiger partial charge on any atom is 0.424 e. The lowest BCUT2D eigenvalue weighted by Gasteiger charge is -2.28. The number of aliphatic hydroxyl groups is 1. The summed E-state index contributed by atoms with van der Waals surface area (Å²) in [6, 6.07) is 2.56. The largest absolute Gasteiger partial charge is 0.463 e. The van der Waals surface area contributed by atoms with Crippen LogP contribution in [0.1, 0.15) is 34.9 Å². The molecule has 0 aliphatic carbocycles. The zero-order chi connectivity index (χ0) is 17.3. The average molecular weight is 331 g/mol. The molecular formula is C15H20F3N3O2. The lowest BCUT2D eigenvalue weighted by atomic mass is 9.95. The molecular weight excluding hydrogens is 311 g/mol. The Morgan fingerprint density at radius 2 is 1.96 bits per heavy atom. The Balaban J connectivity index is 2.03. The van der Waals surface area contributed by atoms with Gasteiger partial charge in [-0.25, -0.2) is 0 Å². The molecule has 0 bridgehead atoms. The van der Waals surface area contributed by atoms with Crippen molar-refractivity contribution in [2.75, 3.05) is 6.54 Å². The van der Waals surface area contributed by atoms with E-state index in [2.05, 4.69) is 15.5 Å². The second-order valence-electron chi connectivity index (χ2n) is 5.61. The molecule has 23 heavy (non-hydrogen) atoms. The third-order valence-corrected chi connectivity index (χ3v) is 3.86. The van der Waals surface area contributed by atoms with Gasteiger partial charge in [0.15, 0.2) is 0 Å². The quantitative estimate of drug-likeness (QED) is 0.712. The minimum atomic E-state index is -4.82. The van der Waals surface area contributed by atoms with Crippen LogP contribution in [0.5, 0.6) is 0 Å². The van der Waals surface area contributed by atoms with Crippen molar-refractivity contribution in [1.82, 2.24) is 15.5 Å². The van der Waals surface area contributed by atoms with Gasteiger partial charge in [0.05, 0.1) is 5.69 Å². The van der Waals surface area contributed by atoms with Crippen LogP contribution in [-0.2, 0) is 12.1 Å². The van der Waals surface area contributed by atoms with Gasteiger partial charge < -0.3 is 14.8 Å². The van der Waals surface area contributed by atoms with Crippen LogP contribution in [0.3, 0.4) is 0 Å². The fourth-order valence-corrected chi connectivity index (χ4v) is 2.38. The molecule has 0 aliphatic rings. The topological polar surface area (TPSA) is 74.1 Å². The van der Waals surface area contributed by atoms with E-state index in [0.717, 1.165) is 23.0 Å². The minimum absolute atomic E-state index is 0.0280. The van der Waals surface area contributed by atoms with E-state index in [1.807, 2.05) is 13.8 Å². The SMILES string of the molecule is Cc1ccc([C@](O)(CCNCc2c(C)n[nH]c2C)C(F)(F)F)o1. The molecule has 5 nitrogen and oxygen atoms in total. The van der Waals surface area contributed by atoms with E-state index in [1.54, 1.807) is 0 Å². The summed E-state index contributed by atoms with van der Waals surface area (Å²) in [5.41, 5.74) is -0.436. The third kappa shape index (κ3) is 3.59. The molecule has 2 aromatic heterocycles. The predicted molar refractivity (Wildman–Crippen MR) is 77.8 cm³/mol. The van der Waals surface area contributed by atoms with E-state index >= 15 is 0 Å². The average Bonchev–Trinajstić information content (AvgIpc) is 3.02. The van der Waals surface area contributed by atoms with Gasteiger partial charge in [-0.3, -0.25) is 5.10 Å². The monoisotopic (exact) mass is 331 g/mol. The molecule has 0 spiro atoms. The van der Waals surface area contributed by atoms with E-state index in [-0.39, 0.29) is 6.54 Å². The summed E-state index contributed by atoms with van der Waals surface area (Å²) in [6.45, 7) is 5.54. The third-order valence-electron chi connectivity index (χ3n) is 3.86. The van der Waals surface area contributed by atoms with Gasteiger partial charge in [0, 0.05) is 24.2 Å². The molecule has 2 aromatic rings. The highest BCUT2D eigenvalue weighted by molar-refractivity contribution is 5.22. The van der Waals surface area contributed by atoms with Crippen molar-refractivity contribution in [3.05, 3.63) is 40.6 Å². The molecule has 128 valence electrons. The van der Waals surface area contributed by atoms with Crippen molar-refractivity contribution in [2.24, 2.45) is 0 Å². The standard InChI is InChI=1S/C15H20F3N3O2/c1-9-4-5-13(23-9)14(22,15(16,17)18)6-7-19-8-12-10(2)20-21-11(12)3/h4-5,19,22H,6-8H2,1-3H3,(H,20,21)/t14-/m1/s1. The zero-order valence-corrected chi connectivity index (χ0v) is 13.2. The Labute approximate surface area is 131 Å². The highest BCUT2D eigenvalue weighted by Crippen LogP contribution is 2.42. The summed E-state index contributed by atoms with van der Waals surface area (Å²) in [5, 5.41) is 19.9. The number of aromatic amines is 1. The Morgan fingerprint density at radius 3 is 2.43 bits per heavy atom. The Kier molecular flexibility index (Phi) is 4.86. The van der Waals surface area contributed by atoms with Gasteiger partial charge in [-0.2, -0.15) is 18.3 Å². The number of aryl methyl sites for hydroxylation is 3. The number of H-pyrrole nitrogens is 1. The predicted octanol–water partition coefficient (Wildman–Crippen LogP) is 2.86. The van der Waals surface area contributed by atoms with Crippen LogP contribution in [0.15, 0.2) is 16.5 Å². The summed E-state index contributed by atoms with van der Waals surface area (Å²) in [6.07, 6.45) is -5.36. The van der Waals surface area contributed by atoms with E-state index < -0.39 is 24.0 Å².